The summed E-state index contributed by atoms with van der Waals surface area (Å²) in [4.78, 5) is 35.0. The molecule has 108 valence electrons. The lowest BCUT2D eigenvalue weighted by atomic mass is 9.95. The summed E-state index contributed by atoms with van der Waals surface area (Å²) in [6.45, 7) is 11.7. The van der Waals surface area contributed by atoms with Gasteiger partial charge in [-0.1, -0.05) is 13.8 Å². The van der Waals surface area contributed by atoms with Crippen molar-refractivity contribution in [3.8, 4) is 0 Å². The molecular weight excluding hydrogens is 246 g/mol. The van der Waals surface area contributed by atoms with Gasteiger partial charge in [-0.2, -0.15) is 0 Å². The molecule has 5 heteroatoms. The highest BCUT2D eigenvalue weighted by Crippen LogP contribution is 2.24. The molecule has 0 fully saturated rings. The van der Waals surface area contributed by atoms with E-state index < -0.39 is 11.2 Å². The Balaban J connectivity index is 2.57. The van der Waals surface area contributed by atoms with E-state index in [-0.39, 0.29) is 24.3 Å². The van der Waals surface area contributed by atoms with Crippen LogP contribution in [0, 0.1) is 5.92 Å². The van der Waals surface area contributed by atoms with Crippen LogP contribution in [0.25, 0.3) is 0 Å². The van der Waals surface area contributed by atoms with E-state index >= 15 is 0 Å². The fraction of sp³-hybridized carbons (Fsp3) is 0.714. The molecule has 0 saturated heterocycles. The molecule has 0 aromatic carbocycles. The zero-order valence-electron chi connectivity index (χ0n) is 12.5. The van der Waals surface area contributed by atoms with Gasteiger partial charge < -0.3 is 0 Å². The van der Waals surface area contributed by atoms with E-state index in [2.05, 4.69) is 0 Å². The molecule has 0 bridgehead atoms. The number of amides is 2. The maximum atomic E-state index is 11.5. The van der Waals surface area contributed by atoms with E-state index in [1.165, 1.54) is 12.2 Å². The molecule has 0 aliphatic carbocycles. The maximum absolute atomic E-state index is 11.5. The first-order valence-electron chi connectivity index (χ1n) is 6.45. The Morgan fingerprint density at radius 3 is 1.95 bits per heavy atom. The zero-order chi connectivity index (χ0) is 14.8. The summed E-state index contributed by atoms with van der Waals surface area (Å²) in [5.74, 6) is -0.352. The smallest absolute Gasteiger partial charge is 0.253 e. The Morgan fingerprint density at radius 1 is 1.05 bits per heavy atom. The number of nitrogens with zero attached hydrogens (tertiary/aromatic N) is 1. The summed E-state index contributed by atoms with van der Waals surface area (Å²) < 4.78 is 0. The largest absolute Gasteiger partial charge is 0.272 e. The molecule has 0 N–H and O–H groups in total. The van der Waals surface area contributed by atoms with Gasteiger partial charge in [0.05, 0.1) is 6.54 Å². The van der Waals surface area contributed by atoms with Crippen LogP contribution in [0.1, 0.15) is 41.5 Å². The van der Waals surface area contributed by atoms with E-state index in [0.29, 0.717) is 0 Å². The highest BCUT2D eigenvalue weighted by molar-refractivity contribution is 6.12. The third-order valence-corrected chi connectivity index (χ3v) is 3.31. The van der Waals surface area contributed by atoms with Gasteiger partial charge in [-0.05, 0) is 33.6 Å². The van der Waals surface area contributed by atoms with Crippen molar-refractivity contribution >= 4 is 11.8 Å². The minimum atomic E-state index is -0.760. The molecule has 0 spiro atoms. The van der Waals surface area contributed by atoms with Crippen LogP contribution >= 0.6 is 0 Å². The Labute approximate surface area is 114 Å². The molecule has 0 unspecified atom stereocenters. The Hall–Kier alpha value is -1.20. The van der Waals surface area contributed by atoms with Gasteiger partial charge in [-0.15, -0.1) is 0 Å². The molecule has 1 rings (SSSR count). The Bertz CT molecular complexity index is 378. The molecule has 19 heavy (non-hydrogen) atoms. The third-order valence-electron chi connectivity index (χ3n) is 3.31. The first kappa shape index (κ1) is 15.9. The minimum Gasteiger partial charge on any atom is -0.272 e. The highest BCUT2D eigenvalue weighted by Gasteiger charge is 2.34. The fourth-order valence-corrected chi connectivity index (χ4v) is 1.31. The van der Waals surface area contributed by atoms with Crippen molar-refractivity contribution in [2.45, 2.75) is 52.7 Å². The molecule has 1 heterocycles. The van der Waals surface area contributed by atoms with E-state index in [1.54, 1.807) is 13.8 Å². The average Bonchev–Trinajstić information content (AvgIpc) is 2.58. The second-order valence-electron chi connectivity index (χ2n) is 6.28. The van der Waals surface area contributed by atoms with Crippen LogP contribution in [0.5, 0.6) is 0 Å². The van der Waals surface area contributed by atoms with Crippen molar-refractivity contribution in [1.82, 2.24) is 4.90 Å². The normalized spacial score (nSPS) is 16.9. The van der Waals surface area contributed by atoms with Crippen molar-refractivity contribution in [2.75, 3.05) is 6.54 Å². The van der Waals surface area contributed by atoms with Crippen molar-refractivity contribution in [3.05, 3.63) is 12.2 Å². The molecule has 5 nitrogen and oxygen atoms in total. The number of hydrogen-bond donors (Lipinski definition) is 0. The quantitative estimate of drug-likeness (QED) is 0.421. The van der Waals surface area contributed by atoms with Gasteiger partial charge >= 0.3 is 0 Å². The molecule has 0 aromatic heterocycles. The van der Waals surface area contributed by atoms with Crippen molar-refractivity contribution in [1.29, 1.82) is 0 Å². The number of rotatable bonds is 6. The van der Waals surface area contributed by atoms with Crippen LogP contribution in [0.4, 0.5) is 0 Å². The molecule has 0 saturated carbocycles. The van der Waals surface area contributed by atoms with Crippen LogP contribution in [0.2, 0.25) is 0 Å². The van der Waals surface area contributed by atoms with Crippen LogP contribution in [-0.2, 0) is 19.4 Å². The van der Waals surface area contributed by atoms with Crippen LogP contribution < -0.4 is 0 Å². The first-order valence-corrected chi connectivity index (χ1v) is 6.45. The van der Waals surface area contributed by atoms with Crippen LogP contribution in [0.15, 0.2) is 12.2 Å². The SMILES string of the molecule is CC(C)C(C)(C)OOC(C)(C)CN1C(=O)C=CC1=O. The summed E-state index contributed by atoms with van der Waals surface area (Å²) in [6.07, 6.45) is 2.52. The molecule has 0 radical (unpaired) electrons. The zero-order valence-corrected chi connectivity index (χ0v) is 12.5. The van der Waals surface area contributed by atoms with E-state index in [4.69, 9.17) is 9.78 Å². The number of carbonyl (C=O) groups excluding carboxylic acids is 2. The summed E-state index contributed by atoms with van der Waals surface area (Å²) in [5.41, 5.74) is -1.20. The van der Waals surface area contributed by atoms with Gasteiger partial charge in [0.2, 0.25) is 0 Å². The van der Waals surface area contributed by atoms with E-state index in [0.717, 1.165) is 4.90 Å². The van der Waals surface area contributed by atoms with Gasteiger partial charge in [0.1, 0.15) is 11.2 Å². The van der Waals surface area contributed by atoms with Gasteiger partial charge in [-0.25, -0.2) is 9.78 Å². The molecule has 1 aliphatic heterocycles. The average molecular weight is 269 g/mol. The Kier molecular flexibility index (Phi) is 4.53. The second kappa shape index (κ2) is 5.43. The monoisotopic (exact) mass is 269 g/mol. The maximum Gasteiger partial charge on any atom is 0.253 e. The predicted molar refractivity (Wildman–Crippen MR) is 71.0 cm³/mol. The topological polar surface area (TPSA) is 55.8 Å². The third kappa shape index (κ3) is 4.14. The lowest BCUT2D eigenvalue weighted by molar-refractivity contribution is -0.408. The molecule has 0 atom stereocenters. The van der Waals surface area contributed by atoms with Crippen molar-refractivity contribution in [2.24, 2.45) is 5.92 Å². The summed E-state index contributed by atoms with van der Waals surface area (Å²) in [6, 6.07) is 0. The van der Waals surface area contributed by atoms with Crippen molar-refractivity contribution < 1.29 is 19.4 Å². The summed E-state index contributed by atoms with van der Waals surface area (Å²) in [5, 5.41) is 0. The van der Waals surface area contributed by atoms with Gasteiger partial charge in [0.15, 0.2) is 0 Å². The van der Waals surface area contributed by atoms with Crippen molar-refractivity contribution in [3.63, 3.8) is 0 Å². The molecular formula is C14H23NO4. The predicted octanol–water partition coefficient (Wildman–Crippen LogP) is 2.07. The number of imide groups is 1. The lowest BCUT2D eigenvalue weighted by Crippen LogP contribution is -2.45. The number of carbonyl (C=O) groups is 2. The van der Waals surface area contributed by atoms with Crippen LogP contribution in [0.3, 0.4) is 0 Å². The van der Waals surface area contributed by atoms with Gasteiger partial charge in [0.25, 0.3) is 11.8 Å². The highest BCUT2D eigenvalue weighted by atomic mass is 17.2. The van der Waals surface area contributed by atoms with E-state index in [1.807, 2.05) is 27.7 Å². The minimum absolute atomic E-state index is 0.159. The summed E-state index contributed by atoms with van der Waals surface area (Å²) >= 11 is 0. The van der Waals surface area contributed by atoms with Gasteiger partial charge in [0, 0.05) is 12.2 Å². The molecule has 1 aliphatic rings. The Morgan fingerprint density at radius 2 is 1.53 bits per heavy atom. The van der Waals surface area contributed by atoms with Gasteiger partial charge in [-0.3, -0.25) is 14.5 Å². The second-order valence-corrected chi connectivity index (χ2v) is 6.28. The molecule has 0 aromatic rings. The fourth-order valence-electron chi connectivity index (χ4n) is 1.31. The first-order chi connectivity index (χ1) is 8.55. The standard InChI is InChI=1S/C14H23NO4/c1-10(2)14(5,6)19-18-13(3,4)9-15-11(16)7-8-12(15)17/h7-8,10H,9H2,1-6H3. The van der Waals surface area contributed by atoms with E-state index in [9.17, 15) is 9.59 Å². The van der Waals surface area contributed by atoms with Crippen LogP contribution in [-0.4, -0.2) is 34.5 Å². The lowest BCUT2D eigenvalue weighted by Gasteiger charge is -2.34. The summed E-state index contributed by atoms with van der Waals surface area (Å²) in [7, 11) is 0. The molecule has 2 amide bonds. The number of hydrogen-bond acceptors (Lipinski definition) is 4.